The van der Waals surface area contributed by atoms with Gasteiger partial charge >= 0.3 is 58.4 Å². The summed E-state index contributed by atoms with van der Waals surface area (Å²) in [6.07, 6.45) is 0. The van der Waals surface area contributed by atoms with Crippen molar-refractivity contribution in [3.63, 3.8) is 0 Å². The van der Waals surface area contributed by atoms with Crippen molar-refractivity contribution in [2.24, 2.45) is 5.92 Å². The molecular formula is C10H13BF3KO. The zero-order valence-corrected chi connectivity index (χ0v) is 12.8. The van der Waals surface area contributed by atoms with Gasteiger partial charge in [0, 0.05) is 0 Å². The number of hydrogen-bond donors (Lipinski definition) is 0. The molecule has 6 heteroatoms. The van der Waals surface area contributed by atoms with Gasteiger partial charge in [-0.3, -0.25) is 0 Å². The van der Waals surface area contributed by atoms with E-state index in [4.69, 9.17) is 4.74 Å². The van der Waals surface area contributed by atoms with Gasteiger partial charge in [0.2, 0.25) is 0 Å². The first kappa shape index (κ1) is 16.5. The van der Waals surface area contributed by atoms with Crippen molar-refractivity contribution in [1.82, 2.24) is 0 Å². The molecular weight excluding hydrogens is 243 g/mol. The first-order valence-electron chi connectivity index (χ1n) is 4.83. The standard InChI is InChI=1S/C10H13BF3O.K/c1-8(2)7-15-10-6-4-3-5-9(10)11(12,13)14;/h3-6,8H,7H2,1-2H3;/q-1;+1. The van der Waals surface area contributed by atoms with Crippen LogP contribution in [0, 0.1) is 5.92 Å². The van der Waals surface area contributed by atoms with Crippen molar-refractivity contribution in [1.29, 1.82) is 0 Å². The van der Waals surface area contributed by atoms with Crippen molar-refractivity contribution in [2.45, 2.75) is 13.8 Å². The van der Waals surface area contributed by atoms with Crippen LogP contribution in [0.1, 0.15) is 13.8 Å². The zero-order chi connectivity index (χ0) is 11.5. The quantitative estimate of drug-likeness (QED) is 0.677. The van der Waals surface area contributed by atoms with Crippen LogP contribution in [0.5, 0.6) is 5.75 Å². The average molecular weight is 256 g/mol. The molecule has 0 unspecified atom stereocenters. The Morgan fingerprint density at radius 3 is 2.25 bits per heavy atom. The Balaban J connectivity index is 0.00000225. The summed E-state index contributed by atoms with van der Waals surface area (Å²) in [5.74, 6) is 0.137. The molecule has 0 atom stereocenters. The molecule has 0 saturated heterocycles. The molecule has 0 heterocycles. The zero-order valence-electron chi connectivity index (χ0n) is 9.71. The second-order valence-electron chi connectivity index (χ2n) is 3.82. The van der Waals surface area contributed by atoms with E-state index in [0.29, 0.717) is 6.61 Å². The molecule has 0 fully saturated rings. The summed E-state index contributed by atoms with van der Waals surface area (Å²) in [5.41, 5.74) is -0.654. The third kappa shape index (κ3) is 5.23. The van der Waals surface area contributed by atoms with Crippen LogP contribution in [0.25, 0.3) is 0 Å². The maximum Gasteiger partial charge on any atom is 1.00 e. The topological polar surface area (TPSA) is 9.23 Å². The molecule has 1 aromatic rings. The van der Waals surface area contributed by atoms with E-state index in [1.807, 2.05) is 13.8 Å². The van der Waals surface area contributed by atoms with Crippen LogP contribution in [-0.2, 0) is 0 Å². The van der Waals surface area contributed by atoms with E-state index in [9.17, 15) is 12.9 Å². The van der Waals surface area contributed by atoms with Crippen molar-refractivity contribution < 1.29 is 69.1 Å². The fraction of sp³-hybridized carbons (Fsp3) is 0.400. The van der Waals surface area contributed by atoms with Gasteiger partial charge in [-0.1, -0.05) is 37.5 Å². The predicted octanol–water partition coefficient (Wildman–Crippen LogP) is -0.220. The van der Waals surface area contributed by atoms with Crippen molar-refractivity contribution in [3.8, 4) is 5.75 Å². The maximum absolute atomic E-state index is 12.6. The molecule has 1 aromatic carbocycles. The molecule has 0 aliphatic rings. The van der Waals surface area contributed by atoms with E-state index >= 15 is 0 Å². The first-order valence-corrected chi connectivity index (χ1v) is 4.83. The molecule has 0 spiro atoms. The second-order valence-corrected chi connectivity index (χ2v) is 3.82. The number of para-hydroxylation sites is 1. The molecule has 0 bridgehead atoms. The summed E-state index contributed by atoms with van der Waals surface area (Å²) >= 11 is 0. The molecule has 1 rings (SSSR count). The minimum absolute atomic E-state index is 0. The summed E-state index contributed by atoms with van der Waals surface area (Å²) in [4.78, 5) is 0. The van der Waals surface area contributed by atoms with Crippen LogP contribution in [0.2, 0.25) is 0 Å². The third-order valence-corrected chi connectivity index (χ3v) is 1.84. The Bertz CT molecular complexity index is 328. The van der Waals surface area contributed by atoms with E-state index in [-0.39, 0.29) is 63.1 Å². The summed E-state index contributed by atoms with van der Waals surface area (Å²) in [6.45, 7) is -0.918. The van der Waals surface area contributed by atoms with Crippen molar-refractivity contribution in [2.75, 3.05) is 6.61 Å². The Kier molecular flexibility index (Phi) is 7.28. The van der Waals surface area contributed by atoms with Crippen LogP contribution in [0.3, 0.4) is 0 Å². The predicted molar refractivity (Wildman–Crippen MR) is 55.5 cm³/mol. The molecule has 16 heavy (non-hydrogen) atoms. The SMILES string of the molecule is CC(C)COc1ccccc1[B-](F)(F)F.[K+]. The number of benzene rings is 1. The van der Waals surface area contributed by atoms with Gasteiger partial charge in [-0.05, 0) is 12.0 Å². The van der Waals surface area contributed by atoms with Crippen molar-refractivity contribution >= 4 is 12.4 Å². The number of halogens is 3. The Morgan fingerprint density at radius 2 is 1.75 bits per heavy atom. The van der Waals surface area contributed by atoms with Gasteiger partial charge in [-0.25, -0.2) is 0 Å². The Labute approximate surface area is 136 Å². The average Bonchev–Trinajstić information content (AvgIpc) is 2.13. The summed E-state index contributed by atoms with van der Waals surface area (Å²) < 4.78 is 42.8. The van der Waals surface area contributed by atoms with Gasteiger partial charge in [0.15, 0.2) is 0 Å². The monoisotopic (exact) mass is 256 g/mol. The number of ether oxygens (including phenoxy) is 1. The van der Waals surface area contributed by atoms with Gasteiger partial charge in [0.1, 0.15) is 0 Å². The van der Waals surface area contributed by atoms with Gasteiger partial charge in [-0.2, -0.15) is 0 Å². The van der Waals surface area contributed by atoms with E-state index in [1.54, 1.807) is 6.07 Å². The Morgan fingerprint density at radius 1 is 1.19 bits per heavy atom. The minimum atomic E-state index is -4.99. The third-order valence-electron chi connectivity index (χ3n) is 1.84. The van der Waals surface area contributed by atoms with Gasteiger partial charge in [0.25, 0.3) is 0 Å². The molecule has 84 valence electrons. The Hall–Kier alpha value is 0.511. The molecule has 0 aliphatic carbocycles. The molecule has 0 saturated carbocycles. The number of hydrogen-bond acceptors (Lipinski definition) is 1. The molecule has 0 aliphatic heterocycles. The smallest absolute Gasteiger partial charge is 0.496 e. The summed E-state index contributed by atoms with van der Waals surface area (Å²) in [6, 6.07) is 5.32. The normalized spacial score (nSPS) is 11.1. The van der Waals surface area contributed by atoms with Crippen LogP contribution in [-0.4, -0.2) is 13.6 Å². The van der Waals surface area contributed by atoms with Crippen LogP contribution in [0.4, 0.5) is 12.9 Å². The molecule has 0 amide bonds. The molecule has 0 N–H and O–H groups in total. The van der Waals surface area contributed by atoms with E-state index in [0.717, 1.165) is 6.07 Å². The van der Waals surface area contributed by atoms with Crippen LogP contribution >= 0.6 is 0 Å². The fourth-order valence-corrected chi connectivity index (χ4v) is 1.14. The second kappa shape index (κ2) is 7.06. The largest absolute Gasteiger partial charge is 1.00 e. The van der Waals surface area contributed by atoms with Crippen LogP contribution < -0.4 is 61.6 Å². The minimum Gasteiger partial charge on any atom is -0.496 e. The van der Waals surface area contributed by atoms with Gasteiger partial charge in [-0.15, -0.1) is 0 Å². The van der Waals surface area contributed by atoms with Gasteiger partial charge in [0.05, 0.1) is 12.4 Å². The molecule has 0 radical (unpaired) electrons. The number of rotatable bonds is 4. The molecule has 0 aromatic heterocycles. The summed E-state index contributed by atoms with van der Waals surface area (Å²) in [7, 11) is 0. The maximum atomic E-state index is 12.6. The van der Waals surface area contributed by atoms with Crippen LogP contribution in [0.15, 0.2) is 24.3 Å². The summed E-state index contributed by atoms with van der Waals surface area (Å²) in [5, 5.41) is 0. The molecule has 1 nitrogen and oxygen atoms in total. The van der Waals surface area contributed by atoms with Crippen molar-refractivity contribution in [3.05, 3.63) is 24.3 Å². The fourth-order valence-electron chi connectivity index (χ4n) is 1.14. The van der Waals surface area contributed by atoms with E-state index in [2.05, 4.69) is 0 Å². The van der Waals surface area contributed by atoms with Gasteiger partial charge < -0.3 is 17.7 Å². The first-order chi connectivity index (χ1) is 6.91. The van der Waals surface area contributed by atoms with E-state index in [1.165, 1.54) is 12.1 Å². The van der Waals surface area contributed by atoms with E-state index < -0.39 is 12.4 Å².